The molecule has 0 spiro atoms. The normalized spacial score (nSPS) is 30.6. The third kappa shape index (κ3) is 2.55. The number of halogens is 1. The number of ether oxygens (including phenoxy) is 1. The molecule has 104 valence electrons. The molecule has 19 heavy (non-hydrogen) atoms. The number of fused-ring (bicyclic) bond motifs is 1. The molecular weight excluding hydrogens is 304 g/mol. The predicted molar refractivity (Wildman–Crippen MR) is 79.2 cm³/mol. The average molecular weight is 325 g/mol. The van der Waals surface area contributed by atoms with Crippen LogP contribution in [-0.2, 0) is 0 Å². The first kappa shape index (κ1) is 13.4. The van der Waals surface area contributed by atoms with Crippen LogP contribution >= 0.6 is 15.9 Å². The highest BCUT2D eigenvalue weighted by Gasteiger charge is 2.54. The zero-order valence-corrected chi connectivity index (χ0v) is 12.9. The fourth-order valence-corrected chi connectivity index (χ4v) is 4.22. The molecule has 3 heteroatoms. The topological polar surface area (TPSA) is 29.5 Å². The van der Waals surface area contributed by atoms with E-state index in [9.17, 15) is 5.11 Å². The van der Waals surface area contributed by atoms with E-state index in [1.165, 1.54) is 25.7 Å². The van der Waals surface area contributed by atoms with E-state index >= 15 is 0 Å². The third-order valence-corrected chi connectivity index (χ3v) is 5.30. The lowest BCUT2D eigenvalue weighted by molar-refractivity contribution is 0.142. The first-order valence-electron chi connectivity index (χ1n) is 7.32. The molecule has 2 aliphatic carbocycles. The molecule has 0 amide bonds. The molecule has 1 aromatic rings. The standard InChI is InChI=1S/C16H21BrO2/c1-2-19-14-8-7-10(9-13(14)17)16(18)15-11-5-3-4-6-12(11)15/h7-9,11-12,15-16,18H,2-6H2,1H3. The highest BCUT2D eigenvalue weighted by Crippen LogP contribution is 2.60. The van der Waals surface area contributed by atoms with Crippen LogP contribution in [0, 0.1) is 17.8 Å². The van der Waals surface area contributed by atoms with Gasteiger partial charge in [0.25, 0.3) is 0 Å². The second kappa shape index (κ2) is 5.45. The van der Waals surface area contributed by atoms with Crippen molar-refractivity contribution in [2.75, 3.05) is 6.61 Å². The van der Waals surface area contributed by atoms with Gasteiger partial charge in [0.05, 0.1) is 17.2 Å². The van der Waals surface area contributed by atoms with E-state index in [1.54, 1.807) is 0 Å². The van der Waals surface area contributed by atoms with Gasteiger partial charge in [-0.2, -0.15) is 0 Å². The lowest BCUT2D eigenvalue weighted by atomic mass is 10.0. The highest BCUT2D eigenvalue weighted by molar-refractivity contribution is 9.10. The smallest absolute Gasteiger partial charge is 0.133 e. The maximum Gasteiger partial charge on any atom is 0.133 e. The SMILES string of the molecule is CCOc1ccc(C(O)C2C3CCCCC32)cc1Br. The monoisotopic (exact) mass is 324 g/mol. The molecular formula is C16H21BrO2. The maximum atomic E-state index is 10.6. The molecule has 2 fully saturated rings. The molecule has 1 N–H and O–H groups in total. The summed E-state index contributed by atoms with van der Waals surface area (Å²) in [7, 11) is 0. The van der Waals surface area contributed by atoms with E-state index in [4.69, 9.17) is 4.74 Å². The van der Waals surface area contributed by atoms with Gasteiger partial charge in [0.15, 0.2) is 0 Å². The summed E-state index contributed by atoms with van der Waals surface area (Å²) in [6.07, 6.45) is 5.00. The second-order valence-electron chi connectivity index (χ2n) is 5.76. The lowest BCUT2D eigenvalue weighted by Gasteiger charge is -2.13. The van der Waals surface area contributed by atoms with Gasteiger partial charge in [-0.05, 0) is 71.1 Å². The van der Waals surface area contributed by atoms with Gasteiger partial charge in [0.2, 0.25) is 0 Å². The Bertz CT molecular complexity index is 448. The summed E-state index contributed by atoms with van der Waals surface area (Å²) in [4.78, 5) is 0. The van der Waals surface area contributed by atoms with Crippen molar-refractivity contribution in [2.24, 2.45) is 17.8 Å². The molecule has 2 saturated carbocycles. The summed E-state index contributed by atoms with van der Waals surface area (Å²) in [5, 5.41) is 10.6. The molecule has 0 bridgehead atoms. The zero-order chi connectivity index (χ0) is 13.4. The number of aliphatic hydroxyl groups is 1. The Morgan fingerprint density at radius 1 is 1.32 bits per heavy atom. The fourth-order valence-electron chi connectivity index (χ4n) is 3.71. The Hall–Kier alpha value is -0.540. The highest BCUT2D eigenvalue weighted by atomic mass is 79.9. The van der Waals surface area contributed by atoms with Crippen molar-refractivity contribution in [1.82, 2.24) is 0 Å². The molecule has 0 aliphatic heterocycles. The van der Waals surface area contributed by atoms with Gasteiger partial charge in [0, 0.05) is 0 Å². The van der Waals surface area contributed by atoms with Crippen LogP contribution < -0.4 is 4.74 Å². The number of hydrogen-bond acceptors (Lipinski definition) is 2. The van der Waals surface area contributed by atoms with Gasteiger partial charge in [-0.3, -0.25) is 0 Å². The van der Waals surface area contributed by atoms with Gasteiger partial charge in [-0.15, -0.1) is 0 Å². The summed E-state index contributed by atoms with van der Waals surface area (Å²) < 4.78 is 6.45. The van der Waals surface area contributed by atoms with Crippen molar-refractivity contribution < 1.29 is 9.84 Å². The summed E-state index contributed by atoms with van der Waals surface area (Å²) in [6, 6.07) is 5.98. The molecule has 3 atom stereocenters. The van der Waals surface area contributed by atoms with E-state index < -0.39 is 0 Å². The third-order valence-electron chi connectivity index (χ3n) is 4.68. The van der Waals surface area contributed by atoms with Crippen LogP contribution in [0.3, 0.4) is 0 Å². The van der Waals surface area contributed by atoms with E-state index in [0.29, 0.717) is 12.5 Å². The Morgan fingerprint density at radius 2 is 2.00 bits per heavy atom. The van der Waals surface area contributed by atoms with Crippen molar-refractivity contribution in [2.45, 2.75) is 38.7 Å². The van der Waals surface area contributed by atoms with Crippen LogP contribution in [0.5, 0.6) is 5.75 Å². The van der Waals surface area contributed by atoms with Crippen LogP contribution in [0.2, 0.25) is 0 Å². The lowest BCUT2D eigenvalue weighted by Crippen LogP contribution is -2.03. The zero-order valence-electron chi connectivity index (χ0n) is 11.3. The molecule has 0 aromatic heterocycles. The Balaban J connectivity index is 1.73. The molecule has 0 radical (unpaired) electrons. The van der Waals surface area contributed by atoms with E-state index in [2.05, 4.69) is 15.9 Å². The minimum atomic E-state index is -0.305. The van der Waals surface area contributed by atoms with Crippen molar-refractivity contribution in [3.05, 3.63) is 28.2 Å². The quantitative estimate of drug-likeness (QED) is 0.893. The summed E-state index contributed by atoms with van der Waals surface area (Å²) in [5.74, 6) is 2.89. The van der Waals surface area contributed by atoms with Crippen LogP contribution in [0.1, 0.15) is 44.3 Å². The average Bonchev–Trinajstić information content (AvgIpc) is 3.15. The molecule has 3 unspecified atom stereocenters. The van der Waals surface area contributed by atoms with Crippen molar-refractivity contribution in [3.8, 4) is 5.75 Å². The molecule has 1 aromatic carbocycles. The van der Waals surface area contributed by atoms with Crippen molar-refractivity contribution in [1.29, 1.82) is 0 Å². The van der Waals surface area contributed by atoms with Crippen molar-refractivity contribution >= 4 is 15.9 Å². The first-order chi connectivity index (χ1) is 9.22. The van der Waals surface area contributed by atoms with Crippen LogP contribution in [-0.4, -0.2) is 11.7 Å². The first-order valence-corrected chi connectivity index (χ1v) is 8.12. The summed E-state index contributed by atoms with van der Waals surface area (Å²) >= 11 is 3.53. The Labute approximate surface area is 123 Å². The van der Waals surface area contributed by atoms with Crippen LogP contribution in [0.15, 0.2) is 22.7 Å². The number of benzene rings is 1. The van der Waals surface area contributed by atoms with E-state index in [-0.39, 0.29) is 6.10 Å². The molecule has 2 nitrogen and oxygen atoms in total. The van der Waals surface area contributed by atoms with E-state index in [1.807, 2.05) is 25.1 Å². The van der Waals surface area contributed by atoms with Gasteiger partial charge >= 0.3 is 0 Å². The van der Waals surface area contributed by atoms with E-state index in [0.717, 1.165) is 27.6 Å². The number of rotatable bonds is 4. The van der Waals surface area contributed by atoms with Crippen molar-refractivity contribution in [3.63, 3.8) is 0 Å². The van der Waals surface area contributed by atoms with Gasteiger partial charge in [-0.25, -0.2) is 0 Å². The Morgan fingerprint density at radius 3 is 2.58 bits per heavy atom. The summed E-state index contributed by atoms with van der Waals surface area (Å²) in [6.45, 7) is 2.64. The minimum absolute atomic E-state index is 0.305. The maximum absolute atomic E-state index is 10.6. The summed E-state index contributed by atoms with van der Waals surface area (Å²) in [5.41, 5.74) is 1.02. The van der Waals surface area contributed by atoms with Gasteiger partial charge in [0.1, 0.15) is 5.75 Å². The molecule has 0 saturated heterocycles. The molecule has 0 heterocycles. The Kier molecular flexibility index (Phi) is 3.86. The predicted octanol–water partition coefficient (Wildman–Crippen LogP) is 4.32. The number of aliphatic hydroxyl groups excluding tert-OH is 1. The van der Waals surface area contributed by atoms with Crippen LogP contribution in [0.4, 0.5) is 0 Å². The fraction of sp³-hybridized carbons (Fsp3) is 0.625. The van der Waals surface area contributed by atoms with Gasteiger partial charge < -0.3 is 9.84 Å². The number of hydrogen-bond donors (Lipinski definition) is 1. The minimum Gasteiger partial charge on any atom is -0.493 e. The molecule has 3 rings (SSSR count). The molecule has 2 aliphatic rings. The largest absolute Gasteiger partial charge is 0.493 e. The van der Waals surface area contributed by atoms with Gasteiger partial charge in [-0.1, -0.05) is 18.9 Å². The second-order valence-corrected chi connectivity index (χ2v) is 6.61. The van der Waals surface area contributed by atoms with Crippen LogP contribution in [0.25, 0.3) is 0 Å².